The molecule has 5 nitrogen and oxygen atoms in total. The zero-order valence-electron chi connectivity index (χ0n) is 14.6. The van der Waals surface area contributed by atoms with Crippen LogP contribution in [-0.4, -0.2) is 27.3 Å². The molecular formula is C22H19N3O2. The van der Waals surface area contributed by atoms with Gasteiger partial charge in [-0.2, -0.15) is 5.10 Å². The normalized spacial score (nSPS) is 12.0. The van der Waals surface area contributed by atoms with Gasteiger partial charge in [0.25, 0.3) is 5.91 Å². The van der Waals surface area contributed by atoms with Crippen LogP contribution in [0, 0.1) is 0 Å². The third-order valence-corrected chi connectivity index (χ3v) is 4.54. The van der Waals surface area contributed by atoms with Crippen LogP contribution in [0.2, 0.25) is 0 Å². The first-order valence-electron chi connectivity index (χ1n) is 8.76. The lowest BCUT2D eigenvalue weighted by atomic mass is 10.0. The summed E-state index contributed by atoms with van der Waals surface area (Å²) in [4.78, 5) is 12.6. The van der Waals surface area contributed by atoms with Crippen LogP contribution in [0.1, 0.15) is 22.0 Å². The van der Waals surface area contributed by atoms with E-state index in [1.165, 1.54) is 0 Å². The monoisotopic (exact) mass is 357 g/mol. The highest BCUT2D eigenvalue weighted by Gasteiger charge is 2.13. The molecule has 27 heavy (non-hydrogen) atoms. The van der Waals surface area contributed by atoms with Gasteiger partial charge in [-0.05, 0) is 40.6 Å². The Morgan fingerprint density at radius 3 is 2.56 bits per heavy atom. The van der Waals surface area contributed by atoms with Crippen molar-refractivity contribution in [3.05, 3.63) is 96.3 Å². The molecule has 4 rings (SSSR count). The second-order valence-corrected chi connectivity index (χ2v) is 6.29. The molecule has 4 aromatic rings. The van der Waals surface area contributed by atoms with Crippen molar-refractivity contribution in [2.45, 2.75) is 6.10 Å². The van der Waals surface area contributed by atoms with Crippen molar-refractivity contribution in [2.75, 3.05) is 6.54 Å². The number of fused-ring (bicyclic) bond motifs is 1. The highest BCUT2D eigenvalue weighted by Crippen LogP contribution is 2.19. The summed E-state index contributed by atoms with van der Waals surface area (Å²) < 4.78 is 1.75. The Bertz CT molecular complexity index is 1050. The molecule has 0 fully saturated rings. The molecule has 0 aliphatic heterocycles. The summed E-state index contributed by atoms with van der Waals surface area (Å²) in [6.45, 7) is 0.142. The largest absolute Gasteiger partial charge is 0.387 e. The average Bonchev–Trinajstić information content (AvgIpc) is 3.26. The standard InChI is InChI=1S/C22H19N3O2/c26-21(17-9-11-18(12-10-17)25-14-4-13-24-25)15-23-22(27)20-8-3-6-16-5-1-2-7-19(16)20/h1-14,21,26H,15H2,(H,23,27). The predicted octanol–water partition coefficient (Wildman–Crippen LogP) is 3.49. The number of benzene rings is 3. The van der Waals surface area contributed by atoms with Gasteiger partial charge in [-0.25, -0.2) is 4.68 Å². The van der Waals surface area contributed by atoms with Crippen LogP contribution >= 0.6 is 0 Å². The Balaban J connectivity index is 1.44. The smallest absolute Gasteiger partial charge is 0.252 e. The van der Waals surface area contributed by atoms with E-state index in [4.69, 9.17) is 0 Å². The van der Waals surface area contributed by atoms with Crippen molar-refractivity contribution in [1.29, 1.82) is 0 Å². The van der Waals surface area contributed by atoms with E-state index in [0.29, 0.717) is 5.56 Å². The maximum Gasteiger partial charge on any atom is 0.252 e. The molecule has 0 aliphatic carbocycles. The van der Waals surface area contributed by atoms with E-state index < -0.39 is 6.10 Å². The van der Waals surface area contributed by atoms with Gasteiger partial charge in [0.15, 0.2) is 0 Å². The quantitative estimate of drug-likeness (QED) is 0.575. The number of nitrogens with zero attached hydrogens (tertiary/aromatic N) is 2. The molecule has 3 aromatic carbocycles. The summed E-state index contributed by atoms with van der Waals surface area (Å²) in [5.74, 6) is -0.195. The molecule has 134 valence electrons. The highest BCUT2D eigenvalue weighted by atomic mass is 16.3. The van der Waals surface area contributed by atoms with Crippen LogP contribution in [0.4, 0.5) is 0 Å². The fraction of sp³-hybridized carbons (Fsp3) is 0.0909. The molecule has 0 bridgehead atoms. The first kappa shape index (κ1) is 17.0. The van der Waals surface area contributed by atoms with Gasteiger partial charge in [0.1, 0.15) is 0 Å². The molecule has 0 saturated carbocycles. The zero-order valence-corrected chi connectivity index (χ0v) is 14.6. The summed E-state index contributed by atoms with van der Waals surface area (Å²) in [6, 6.07) is 22.7. The number of nitrogens with one attached hydrogen (secondary N) is 1. The SMILES string of the molecule is O=C(NCC(O)c1ccc(-n2cccn2)cc1)c1cccc2ccccc12. The minimum Gasteiger partial charge on any atom is -0.387 e. The molecule has 1 heterocycles. The Labute approximate surface area is 156 Å². The summed E-state index contributed by atoms with van der Waals surface area (Å²) >= 11 is 0. The minimum atomic E-state index is -0.782. The second-order valence-electron chi connectivity index (χ2n) is 6.29. The third kappa shape index (κ3) is 3.59. The van der Waals surface area contributed by atoms with Crippen molar-refractivity contribution < 1.29 is 9.90 Å². The molecule has 1 amide bonds. The summed E-state index contributed by atoms with van der Waals surface area (Å²) in [7, 11) is 0. The molecule has 1 atom stereocenters. The van der Waals surface area contributed by atoms with Gasteiger partial charge in [-0.1, -0.05) is 48.5 Å². The Morgan fingerprint density at radius 1 is 1.00 bits per heavy atom. The van der Waals surface area contributed by atoms with Crippen LogP contribution in [0.15, 0.2) is 85.2 Å². The summed E-state index contributed by atoms with van der Waals surface area (Å²) in [6.07, 6.45) is 2.79. The van der Waals surface area contributed by atoms with E-state index in [-0.39, 0.29) is 12.5 Å². The molecule has 1 aromatic heterocycles. The number of carbonyl (C=O) groups is 1. The van der Waals surface area contributed by atoms with E-state index in [9.17, 15) is 9.90 Å². The summed E-state index contributed by atoms with van der Waals surface area (Å²) in [5.41, 5.74) is 2.26. The first-order valence-corrected chi connectivity index (χ1v) is 8.76. The van der Waals surface area contributed by atoms with Gasteiger partial charge in [0, 0.05) is 24.5 Å². The third-order valence-electron chi connectivity index (χ3n) is 4.54. The molecule has 1 unspecified atom stereocenters. The minimum absolute atomic E-state index is 0.142. The van der Waals surface area contributed by atoms with Crippen molar-refractivity contribution in [3.63, 3.8) is 0 Å². The highest BCUT2D eigenvalue weighted by molar-refractivity contribution is 6.07. The number of amides is 1. The topological polar surface area (TPSA) is 67.2 Å². The fourth-order valence-corrected chi connectivity index (χ4v) is 3.10. The van der Waals surface area contributed by atoms with E-state index in [2.05, 4.69) is 10.4 Å². The summed E-state index contributed by atoms with van der Waals surface area (Å²) in [5, 5.41) is 19.3. The van der Waals surface area contributed by atoms with Gasteiger partial charge in [-0.15, -0.1) is 0 Å². The molecule has 5 heteroatoms. The lowest BCUT2D eigenvalue weighted by Crippen LogP contribution is -2.28. The van der Waals surface area contributed by atoms with Crippen molar-refractivity contribution in [3.8, 4) is 5.69 Å². The number of rotatable bonds is 5. The van der Waals surface area contributed by atoms with Crippen molar-refractivity contribution in [2.24, 2.45) is 0 Å². The number of aliphatic hydroxyl groups is 1. The number of carbonyl (C=O) groups excluding carboxylic acids is 1. The predicted molar refractivity (Wildman–Crippen MR) is 105 cm³/mol. The average molecular weight is 357 g/mol. The first-order chi connectivity index (χ1) is 13.2. The lowest BCUT2D eigenvalue weighted by Gasteiger charge is -2.14. The number of hydrogen-bond donors (Lipinski definition) is 2. The molecular weight excluding hydrogens is 338 g/mol. The second kappa shape index (κ2) is 7.43. The molecule has 0 aliphatic rings. The van der Waals surface area contributed by atoms with Crippen LogP contribution < -0.4 is 5.32 Å². The Morgan fingerprint density at radius 2 is 1.78 bits per heavy atom. The number of hydrogen-bond acceptors (Lipinski definition) is 3. The van der Waals surface area contributed by atoms with Crippen LogP contribution in [0.25, 0.3) is 16.5 Å². The van der Waals surface area contributed by atoms with E-state index in [1.807, 2.05) is 72.9 Å². The Hall–Kier alpha value is -3.44. The number of aromatic nitrogens is 2. The van der Waals surface area contributed by atoms with E-state index in [0.717, 1.165) is 22.0 Å². The maximum atomic E-state index is 12.6. The van der Waals surface area contributed by atoms with Gasteiger partial charge in [0.2, 0.25) is 0 Å². The molecule has 0 spiro atoms. The van der Waals surface area contributed by atoms with Crippen molar-refractivity contribution in [1.82, 2.24) is 15.1 Å². The molecule has 0 radical (unpaired) electrons. The molecule has 2 N–H and O–H groups in total. The van der Waals surface area contributed by atoms with Gasteiger partial charge in [0.05, 0.1) is 11.8 Å². The molecule has 0 saturated heterocycles. The van der Waals surface area contributed by atoms with Gasteiger partial charge in [-0.3, -0.25) is 4.79 Å². The maximum absolute atomic E-state index is 12.6. The zero-order chi connectivity index (χ0) is 18.6. The van der Waals surface area contributed by atoms with Crippen LogP contribution in [0.5, 0.6) is 0 Å². The fourth-order valence-electron chi connectivity index (χ4n) is 3.10. The van der Waals surface area contributed by atoms with Gasteiger partial charge >= 0.3 is 0 Å². The van der Waals surface area contributed by atoms with Crippen LogP contribution in [-0.2, 0) is 0 Å². The van der Waals surface area contributed by atoms with E-state index >= 15 is 0 Å². The van der Waals surface area contributed by atoms with Crippen LogP contribution in [0.3, 0.4) is 0 Å². The van der Waals surface area contributed by atoms with Gasteiger partial charge < -0.3 is 10.4 Å². The van der Waals surface area contributed by atoms with Crippen molar-refractivity contribution >= 4 is 16.7 Å². The van der Waals surface area contributed by atoms with E-state index in [1.54, 1.807) is 16.9 Å². The Kier molecular flexibility index (Phi) is 4.68. The lowest BCUT2D eigenvalue weighted by molar-refractivity contribution is 0.0918. The number of aliphatic hydroxyl groups excluding tert-OH is 1.